The number of fused-ring (bicyclic) bond motifs is 3. The number of rotatable bonds is 2. The molecule has 9 heteroatoms. The summed E-state index contributed by atoms with van der Waals surface area (Å²) in [6.07, 6.45) is 0.920. The maximum atomic E-state index is 12.5. The van der Waals surface area contributed by atoms with Crippen LogP contribution in [0.25, 0.3) is 0 Å². The van der Waals surface area contributed by atoms with E-state index < -0.39 is 29.9 Å². The van der Waals surface area contributed by atoms with E-state index in [1.165, 1.54) is 0 Å². The summed E-state index contributed by atoms with van der Waals surface area (Å²) in [5, 5.41) is 3.54. The predicted octanol–water partition coefficient (Wildman–Crippen LogP) is -0.360. The van der Waals surface area contributed by atoms with Crippen LogP contribution in [0.2, 0.25) is 0 Å². The van der Waals surface area contributed by atoms with Gasteiger partial charge in [0.25, 0.3) is 0 Å². The second kappa shape index (κ2) is 3.54. The average Bonchev–Trinajstić information content (AvgIpc) is 3.14. The monoisotopic (exact) mass is 283 g/mol. The minimum atomic E-state index is -1.36. The maximum Gasteiger partial charge on any atom is 0.421 e. The lowest BCUT2D eigenvalue weighted by molar-refractivity contribution is -0.240. The van der Waals surface area contributed by atoms with E-state index in [-0.39, 0.29) is 12.2 Å². The Labute approximate surface area is 111 Å². The van der Waals surface area contributed by atoms with Crippen LogP contribution >= 0.6 is 0 Å². The molecule has 0 saturated carbocycles. The highest BCUT2D eigenvalue weighted by Crippen LogP contribution is 2.53. The van der Waals surface area contributed by atoms with Crippen LogP contribution in [0.15, 0.2) is 4.52 Å². The second-order valence-corrected chi connectivity index (χ2v) is 5.27. The number of piperidine rings is 1. The van der Waals surface area contributed by atoms with E-state index in [0.29, 0.717) is 25.4 Å². The van der Waals surface area contributed by atoms with Gasteiger partial charge in [-0.15, -0.1) is 0 Å². The number of nitrogens with zero attached hydrogens (tertiary/aromatic N) is 3. The molecule has 106 valence electrons. The number of hydrogen-bond acceptors (Lipinski definition) is 8. The lowest BCUT2D eigenvalue weighted by Crippen LogP contribution is -2.47. The van der Waals surface area contributed by atoms with Gasteiger partial charge in [-0.3, -0.25) is 0 Å². The van der Waals surface area contributed by atoms with Crippen molar-refractivity contribution in [3.05, 3.63) is 11.7 Å². The van der Waals surface area contributed by atoms with Gasteiger partial charge in [-0.1, -0.05) is 5.16 Å². The number of ether oxygens (including phenoxy) is 2. The molecule has 4 heterocycles. The van der Waals surface area contributed by atoms with Gasteiger partial charge < -0.3 is 14.0 Å². The Bertz CT molecular complexity index is 601. The third-order valence-corrected chi connectivity index (χ3v) is 4.11. The summed E-state index contributed by atoms with van der Waals surface area (Å²) >= 11 is 0. The van der Waals surface area contributed by atoms with Gasteiger partial charge in [0.15, 0.2) is 6.67 Å². The van der Waals surface area contributed by atoms with Crippen LogP contribution in [-0.4, -0.2) is 46.0 Å². The lowest BCUT2D eigenvalue weighted by Gasteiger charge is -2.33. The first-order chi connectivity index (χ1) is 9.57. The number of alkyl halides is 1. The molecule has 3 aliphatic heterocycles. The predicted molar refractivity (Wildman–Crippen MR) is 56.5 cm³/mol. The first-order valence-corrected chi connectivity index (χ1v) is 6.17. The fraction of sp³-hybridized carbons (Fsp3) is 0.636. The van der Waals surface area contributed by atoms with Crippen molar-refractivity contribution in [2.45, 2.75) is 30.8 Å². The number of aromatic nitrogens is 2. The van der Waals surface area contributed by atoms with Gasteiger partial charge in [-0.2, -0.15) is 4.98 Å². The summed E-state index contributed by atoms with van der Waals surface area (Å²) in [7, 11) is 0. The minimum absolute atomic E-state index is 0.0193. The molecule has 1 spiro atoms. The molecule has 0 amide bonds. The highest BCUT2D eigenvalue weighted by Gasteiger charge is 2.68. The Hall–Kier alpha value is -2.03. The molecular weight excluding hydrogens is 273 g/mol. The van der Waals surface area contributed by atoms with Crippen molar-refractivity contribution < 1.29 is 28.0 Å². The van der Waals surface area contributed by atoms with Crippen molar-refractivity contribution in [3.8, 4) is 0 Å². The van der Waals surface area contributed by atoms with Crippen molar-refractivity contribution in [2.75, 3.05) is 13.1 Å². The van der Waals surface area contributed by atoms with Gasteiger partial charge >= 0.3 is 17.8 Å². The van der Waals surface area contributed by atoms with Gasteiger partial charge in [0, 0.05) is 13.1 Å². The topological polar surface area (TPSA) is 94.8 Å². The quantitative estimate of drug-likeness (QED) is 0.536. The molecule has 0 aliphatic carbocycles. The molecule has 1 aromatic rings. The molecule has 1 aromatic heterocycles. The Morgan fingerprint density at radius 2 is 2.05 bits per heavy atom. The first kappa shape index (κ1) is 11.8. The molecule has 3 saturated heterocycles. The van der Waals surface area contributed by atoms with E-state index in [1.807, 2.05) is 0 Å². The third-order valence-electron chi connectivity index (χ3n) is 4.11. The largest absolute Gasteiger partial charge is 0.421 e. The standard InChI is InChI=1S/C11H10FN3O5/c12-3-6-13-9(20-14-6)10-1-2-15(5-10)11(4-10)18-7(16)8(17)19-11/h1-5H2. The molecule has 0 N–H and O–H groups in total. The Kier molecular flexibility index (Phi) is 2.08. The SMILES string of the molecule is O=C1OC2(CC3(c4nc(CF)no4)CCN2C3)OC1=O. The van der Waals surface area contributed by atoms with E-state index in [0.717, 1.165) is 0 Å². The highest BCUT2D eigenvalue weighted by molar-refractivity contribution is 6.31. The van der Waals surface area contributed by atoms with Crippen LogP contribution in [-0.2, 0) is 31.2 Å². The number of carbonyl (C=O) groups excluding carboxylic acids is 2. The molecule has 0 aromatic carbocycles. The molecule has 2 unspecified atom stereocenters. The Morgan fingerprint density at radius 3 is 2.70 bits per heavy atom. The van der Waals surface area contributed by atoms with Crippen LogP contribution in [0.3, 0.4) is 0 Å². The normalized spacial score (nSPS) is 33.8. The van der Waals surface area contributed by atoms with Crippen LogP contribution in [0, 0.1) is 0 Å². The van der Waals surface area contributed by atoms with E-state index in [4.69, 9.17) is 14.0 Å². The van der Waals surface area contributed by atoms with Crippen molar-refractivity contribution in [3.63, 3.8) is 0 Å². The first-order valence-electron chi connectivity index (χ1n) is 6.17. The van der Waals surface area contributed by atoms with Crippen LogP contribution in [0.5, 0.6) is 0 Å². The highest BCUT2D eigenvalue weighted by atomic mass is 19.1. The van der Waals surface area contributed by atoms with Gasteiger partial charge in [0.05, 0.1) is 11.8 Å². The smallest absolute Gasteiger partial charge is 0.400 e. The van der Waals surface area contributed by atoms with Crippen LogP contribution in [0.1, 0.15) is 24.6 Å². The molecule has 20 heavy (non-hydrogen) atoms. The summed E-state index contributed by atoms with van der Waals surface area (Å²) in [5.41, 5.74) is -0.564. The number of halogens is 1. The van der Waals surface area contributed by atoms with Crippen molar-refractivity contribution in [1.82, 2.24) is 15.0 Å². The summed E-state index contributed by atoms with van der Waals surface area (Å²) in [6, 6.07) is 0. The van der Waals surface area contributed by atoms with Gasteiger partial charge in [0.1, 0.15) is 0 Å². The molecule has 2 bridgehead atoms. The zero-order valence-electron chi connectivity index (χ0n) is 10.3. The van der Waals surface area contributed by atoms with Crippen molar-refractivity contribution >= 4 is 11.9 Å². The van der Waals surface area contributed by atoms with Crippen LogP contribution in [0.4, 0.5) is 4.39 Å². The minimum Gasteiger partial charge on any atom is -0.400 e. The Balaban J connectivity index is 1.69. The summed E-state index contributed by atoms with van der Waals surface area (Å²) in [4.78, 5) is 28.3. The number of carbonyl (C=O) groups is 2. The zero-order chi connectivity index (χ0) is 14.0. The average molecular weight is 283 g/mol. The fourth-order valence-electron chi connectivity index (χ4n) is 3.22. The molecule has 3 fully saturated rings. The lowest BCUT2D eigenvalue weighted by atomic mass is 9.83. The fourth-order valence-corrected chi connectivity index (χ4v) is 3.22. The summed E-state index contributed by atoms with van der Waals surface area (Å²) in [6.45, 7) is 0.216. The maximum absolute atomic E-state index is 12.5. The van der Waals surface area contributed by atoms with Crippen LogP contribution < -0.4 is 0 Å². The molecular formula is C11H10FN3O5. The molecule has 3 aliphatic rings. The van der Waals surface area contributed by atoms with E-state index in [9.17, 15) is 14.0 Å². The van der Waals surface area contributed by atoms with Gasteiger partial charge in [-0.05, 0) is 6.42 Å². The molecule has 4 rings (SSSR count). The van der Waals surface area contributed by atoms with Crippen molar-refractivity contribution in [1.29, 1.82) is 0 Å². The van der Waals surface area contributed by atoms with Crippen molar-refractivity contribution in [2.24, 2.45) is 0 Å². The summed E-state index contributed by atoms with van der Waals surface area (Å²) < 4.78 is 27.8. The number of esters is 2. The van der Waals surface area contributed by atoms with E-state index >= 15 is 0 Å². The summed E-state index contributed by atoms with van der Waals surface area (Å²) in [5.74, 6) is -3.08. The molecule has 8 nitrogen and oxygen atoms in total. The molecule has 0 radical (unpaired) electrons. The zero-order valence-corrected chi connectivity index (χ0v) is 10.3. The third kappa shape index (κ3) is 1.33. The Morgan fingerprint density at radius 1 is 1.30 bits per heavy atom. The molecule has 2 atom stereocenters. The van der Waals surface area contributed by atoms with Gasteiger partial charge in [-0.25, -0.2) is 18.9 Å². The van der Waals surface area contributed by atoms with Gasteiger partial charge in [0.2, 0.25) is 11.7 Å². The van der Waals surface area contributed by atoms with E-state index in [2.05, 4.69) is 10.1 Å². The number of hydrogen-bond donors (Lipinski definition) is 0. The van der Waals surface area contributed by atoms with E-state index in [1.54, 1.807) is 4.90 Å². The second-order valence-electron chi connectivity index (χ2n) is 5.27.